The van der Waals surface area contributed by atoms with E-state index in [2.05, 4.69) is 0 Å². The van der Waals surface area contributed by atoms with Gasteiger partial charge in [-0.25, -0.2) is 4.79 Å². The van der Waals surface area contributed by atoms with Crippen molar-refractivity contribution in [2.75, 3.05) is 11.4 Å². The van der Waals surface area contributed by atoms with E-state index < -0.39 is 11.8 Å². The monoisotopic (exact) mass is 340 g/mol. The molecule has 4 bridgehead atoms. The largest absolute Gasteiger partial charge is 0.443 e. The Hall–Kier alpha value is -2.04. The number of ether oxygens (including phenoxy) is 1. The Balaban J connectivity index is 1.40. The lowest BCUT2D eigenvalue weighted by Gasteiger charge is -2.55. The molecule has 0 aromatic heterocycles. The van der Waals surface area contributed by atoms with E-state index in [0.29, 0.717) is 6.54 Å². The molecular weight excluding hydrogens is 316 g/mol. The van der Waals surface area contributed by atoms with E-state index in [4.69, 9.17) is 10.5 Å². The van der Waals surface area contributed by atoms with Gasteiger partial charge in [-0.2, -0.15) is 0 Å². The van der Waals surface area contributed by atoms with E-state index in [0.717, 1.165) is 48.3 Å². The molecule has 1 unspecified atom stereocenters. The molecule has 0 saturated heterocycles. The minimum Gasteiger partial charge on any atom is -0.443 e. The first-order valence-corrected chi connectivity index (χ1v) is 9.42. The summed E-state index contributed by atoms with van der Waals surface area (Å²) in [7, 11) is 0. The number of hydrogen-bond donors (Lipinski definition) is 1. The third-order valence-electron chi connectivity index (χ3n) is 6.82. The highest BCUT2D eigenvalue weighted by molar-refractivity contribution is 5.96. The van der Waals surface area contributed by atoms with Gasteiger partial charge in [-0.1, -0.05) is 18.2 Å². The Morgan fingerprint density at radius 1 is 1.04 bits per heavy atom. The zero-order chi connectivity index (χ0) is 17.2. The number of rotatable bonds is 2. The molecule has 4 fully saturated rings. The van der Waals surface area contributed by atoms with E-state index in [1.807, 2.05) is 24.3 Å². The van der Waals surface area contributed by atoms with Crippen molar-refractivity contribution >= 4 is 17.7 Å². The lowest BCUT2D eigenvalue weighted by molar-refractivity contribution is -0.125. The lowest BCUT2D eigenvalue weighted by Crippen LogP contribution is -2.54. The Kier molecular flexibility index (Phi) is 3.19. The highest BCUT2D eigenvalue weighted by Crippen LogP contribution is 2.57. The van der Waals surface area contributed by atoms with E-state index in [-0.39, 0.29) is 11.7 Å². The van der Waals surface area contributed by atoms with Crippen molar-refractivity contribution in [1.82, 2.24) is 0 Å². The second-order valence-electron chi connectivity index (χ2n) is 8.59. The molecule has 5 heteroatoms. The van der Waals surface area contributed by atoms with Crippen LogP contribution in [0, 0.1) is 17.8 Å². The second-order valence-corrected chi connectivity index (χ2v) is 8.59. The third kappa shape index (κ3) is 2.35. The van der Waals surface area contributed by atoms with Crippen LogP contribution >= 0.6 is 0 Å². The van der Waals surface area contributed by atoms with Crippen LogP contribution in [0.25, 0.3) is 0 Å². The first kappa shape index (κ1) is 15.2. The van der Waals surface area contributed by atoms with Gasteiger partial charge in [0.05, 0.1) is 11.6 Å². The molecule has 0 spiro atoms. The number of anilines is 1. The van der Waals surface area contributed by atoms with Gasteiger partial charge < -0.3 is 10.5 Å². The number of amides is 2. The number of primary amides is 1. The highest BCUT2D eigenvalue weighted by atomic mass is 16.6. The summed E-state index contributed by atoms with van der Waals surface area (Å²) >= 11 is 0. The highest BCUT2D eigenvalue weighted by Gasteiger charge is 2.54. The summed E-state index contributed by atoms with van der Waals surface area (Å²) in [6, 6.07) is 7.51. The first-order valence-electron chi connectivity index (χ1n) is 9.42. The zero-order valence-electron chi connectivity index (χ0n) is 14.3. The molecule has 2 N–H and O–H groups in total. The minimum absolute atomic E-state index is 0.272. The predicted octanol–water partition coefficient (Wildman–Crippen LogP) is 3.18. The molecule has 1 aromatic rings. The molecule has 6 rings (SSSR count). The standard InChI is InChI=1S/C20H24N2O3/c21-18(23)16-11-22(17-4-2-1-3-15(16)17)19(24)25-20-8-12-5-13(9-20)7-14(6-12)10-20/h1-4,12-14,16H,5-11H2,(H2,21,23). The molecule has 132 valence electrons. The molecule has 0 radical (unpaired) electrons. The SMILES string of the molecule is NC(=O)C1CN(C(=O)OC23CC4CC(CC(C4)C2)C3)c2ccccc21. The smallest absolute Gasteiger partial charge is 0.414 e. The van der Waals surface area contributed by atoms with Gasteiger partial charge in [0, 0.05) is 6.54 Å². The lowest BCUT2D eigenvalue weighted by atomic mass is 9.54. The first-order chi connectivity index (χ1) is 12.0. The van der Waals surface area contributed by atoms with Gasteiger partial charge in [0.1, 0.15) is 5.60 Å². The Bertz CT molecular complexity index is 709. The van der Waals surface area contributed by atoms with Gasteiger partial charge in [-0.15, -0.1) is 0 Å². The number of nitrogens with two attached hydrogens (primary N) is 1. The molecule has 1 heterocycles. The summed E-state index contributed by atoms with van der Waals surface area (Å²) in [6.45, 7) is 0.292. The van der Waals surface area contributed by atoms with Crippen molar-refractivity contribution in [2.45, 2.75) is 50.0 Å². The van der Waals surface area contributed by atoms with E-state index in [9.17, 15) is 9.59 Å². The van der Waals surface area contributed by atoms with Gasteiger partial charge >= 0.3 is 6.09 Å². The molecular formula is C20H24N2O3. The maximum atomic E-state index is 13.0. The fraction of sp³-hybridized carbons (Fsp3) is 0.600. The summed E-state index contributed by atoms with van der Waals surface area (Å²) in [4.78, 5) is 26.4. The van der Waals surface area contributed by atoms with Crippen LogP contribution in [0.3, 0.4) is 0 Å². The van der Waals surface area contributed by atoms with Crippen LogP contribution in [-0.2, 0) is 9.53 Å². The summed E-state index contributed by atoms with van der Waals surface area (Å²) in [6.07, 6.45) is 6.67. The third-order valence-corrected chi connectivity index (χ3v) is 6.82. The van der Waals surface area contributed by atoms with Crippen molar-refractivity contribution < 1.29 is 14.3 Å². The summed E-state index contributed by atoms with van der Waals surface area (Å²) < 4.78 is 6.15. The van der Waals surface area contributed by atoms with E-state index >= 15 is 0 Å². The van der Waals surface area contributed by atoms with Gasteiger partial charge in [-0.05, 0) is 67.9 Å². The number of carbonyl (C=O) groups excluding carboxylic acids is 2. The van der Waals surface area contributed by atoms with Gasteiger partial charge in [0.15, 0.2) is 0 Å². The maximum absolute atomic E-state index is 13.0. The Morgan fingerprint density at radius 3 is 2.24 bits per heavy atom. The van der Waals surface area contributed by atoms with Gasteiger partial charge in [0.2, 0.25) is 5.91 Å². The fourth-order valence-corrected chi connectivity index (χ4v) is 6.22. The summed E-state index contributed by atoms with van der Waals surface area (Å²) in [5.41, 5.74) is 6.87. The van der Waals surface area contributed by atoms with Crippen LogP contribution in [-0.4, -0.2) is 24.1 Å². The molecule has 1 atom stereocenters. The van der Waals surface area contributed by atoms with Crippen molar-refractivity contribution in [3.63, 3.8) is 0 Å². The molecule has 1 aliphatic heterocycles. The normalized spacial score (nSPS) is 37.8. The van der Waals surface area contributed by atoms with Crippen molar-refractivity contribution in [3.05, 3.63) is 29.8 Å². The average molecular weight is 340 g/mol. The van der Waals surface area contributed by atoms with Gasteiger partial charge in [0.25, 0.3) is 0 Å². The molecule has 25 heavy (non-hydrogen) atoms. The molecule has 2 amide bonds. The second kappa shape index (κ2) is 5.23. The number of carbonyl (C=O) groups is 2. The maximum Gasteiger partial charge on any atom is 0.414 e. The number of nitrogens with zero attached hydrogens (tertiary/aromatic N) is 1. The van der Waals surface area contributed by atoms with Crippen LogP contribution in [0.4, 0.5) is 10.5 Å². The predicted molar refractivity (Wildman–Crippen MR) is 93.1 cm³/mol. The molecule has 4 aliphatic carbocycles. The van der Waals surface area contributed by atoms with Gasteiger partial charge in [-0.3, -0.25) is 9.69 Å². The average Bonchev–Trinajstić information content (AvgIpc) is 2.93. The van der Waals surface area contributed by atoms with Crippen LogP contribution in [0.5, 0.6) is 0 Å². The number of benzene rings is 1. The summed E-state index contributed by atoms with van der Waals surface area (Å²) in [5.74, 6) is 1.34. The van der Waals surface area contributed by atoms with Crippen molar-refractivity contribution in [3.8, 4) is 0 Å². The topological polar surface area (TPSA) is 72.6 Å². The van der Waals surface area contributed by atoms with Crippen LogP contribution in [0.15, 0.2) is 24.3 Å². The zero-order valence-corrected chi connectivity index (χ0v) is 14.3. The minimum atomic E-state index is -0.444. The summed E-state index contributed by atoms with van der Waals surface area (Å²) in [5, 5.41) is 0. The number of para-hydroxylation sites is 1. The molecule has 1 aromatic carbocycles. The number of fused-ring (bicyclic) bond motifs is 1. The fourth-order valence-electron chi connectivity index (χ4n) is 6.22. The quantitative estimate of drug-likeness (QED) is 0.898. The Morgan fingerprint density at radius 2 is 1.64 bits per heavy atom. The van der Waals surface area contributed by atoms with Crippen LogP contribution in [0.2, 0.25) is 0 Å². The van der Waals surface area contributed by atoms with Crippen LogP contribution < -0.4 is 10.6 Å². The van der Waals surface area contributed by atoms with Crippen LogP contribution in [0.1, 0.15) is 50.0 Å². The van der Waals surface area contributed by atoms with Crippen molar-refractivity contribution in [2.24, 2.45) is 23.5 Å². The molecule has 5 aliphatic rings. The molecule has 4 saturated carbocycles. The number of hydrogen-bond acceptors (Lipinski definition) is 3. The van der Waals surface area contributed by atoms with E-state index in [1.165, 1.54) is 19.3 Å². The van der Waals surface area contributed by atoms with E-state index in [1.54, 1.807) is 4.90 Å². The Labute approximate surface area is 147 Å². The van der Waals surface area contributed by atoms with Crippen molar-refractivity contribution in [1.29, 1.82) is 0 Å². The molecule has 5 nitrogen and oxygen atoms in total.